The Bertz CT molecular complexity index is 647. The Morgan fingerprint density at radius 3 is 2.67 bits per heavy atom. The highest BCUT2D eigenvalue weighted by molar-refractivity contribution is 5.74. The Hall–Kier alpha value is -2.80. The topological polar surface area (TPSA) is 64.9 Å². The minimum Gasteiger partial charge on any atom is -0.334 e. The molecule has 0 aliphatic heterocycles. The molecule has 0 saturated heterocycles. The average Bonchev–Trinajstić information content (AvgIpc) is 2.54. The summed E-state index contributed by atoms with van der Waals surface area (Å²) < 4.78 is 0. The molecule has 4 nitrogen and oxygen atoms in total. The summed E-state index contributed by atoms with van der Waals surface area (Å²) in [6.45, 7) is 2.33. The van der Waals surface area contributed by atoms with Gasteiger partial charge in [-0.2, -0.15) is 5.26 Å². The first kappa shape index (κ1) is 14.6. The fourth-order valence-electron chi connectivity index (χ4n) is 2.01. The number of carbonyl (C=O) groups is 1. The number of hydrogen-bond donors (Lipinski definition) is 2. The zero-order valence-corrected chi connectivity index (χ0v) is 11.8. The van der Waals surface area contributed by atoms with E-state index in [1.165, 1.54) is 0 Å². The first-order valence-electron chi connectivity index (χ1n) is 6.77. The lowest BCUT2D eigenvalue weighted by Gasteiger charge is -2.15. The largest absolute Gasteiger partial charge is 0.334 e. The lowest BCUT2D eigenvalue weighted by Crippen LogP contribution is -2.36. The van der Waals surface area contributed by atoms with Crippen LogP contribution in [0.5, 0.6) is 0 Å². The zero-order chi connectivity index (χ0) is 15.1. The zero-order valence-electron chi connectivity index (χ0n) is 11.8. The molecule has 0 aliphatic rings. The molecular weight excluding hydrogens is 262 g/mol. The molecule has 106 valence electrons. The molecule has 2 aromatic rings. The Labute approximate surface area is 124 Å². The molecule has 1 unspecified atom stereocenters. The van der Waals surface area contributed by atoms with Crippen molar-refractivity contribution >= 4 is 6.03 Å². The number of nitrogens with one attached hydrogen (secondary N) is 2. The van der Waals surface area contributed by atoms with Crippen LogP contribution in [0.15, 0.2) is 54.6 Å². The van der Waals surface area contributed by atoms with Gasteiger partial charge in [0.05, 0.1) is 17.7 Å². The molecule has 0 aliphatic carbocycles. The van der Waals surface area contributed by atoms with Crippen molar-refractivity contribution in [1.82, 2.24) is 10.6 Å². The molecule has 0 saturated carbocycles. The van der Waals surface area contributed by atoms with Crippen LogP contribution in [0.4, 0.5) is 4.79 Å². The molecular formula is C17H17N3O. The number of nitriles is 1. The summed E-state index contributed by atoms with van der Waals surface area (Å²) in [5.41, 5.74) is 2.54. The summed E-state index contributed by atoms with van der Waals surface area (Å²) in [5, 5.41) is 14.5. The van der Waals surface area contributed by atoms with Gasteiger partial charge >= 0.3 is 6.03 Å². The first-order chi connectivity index (χ1) is 10.2. The third kappa shape index (κ3) is 4.36. The predicted molar refractivity (Wildman–Crippen MR) is 81.4 cm³/mol. The minimum absolute atomic E-state index is 0.0587. The van der Waals surface area contributed by atoms with Crippen molar-refractivity contribution in [1.29, 1.82) is 5.26 Å². The lowest BCUT2D eigenvalue weighted by atomic mass is 10.1. The molecule has 2 N–H and O–H groups in total. The Kier molecular flexibility index (Phi) is 4.94. The fourth-order valence-corrected chi connectivity index (χ4v) is 2.01. The van der Waals surface area contributed by atoms with Gasteiger partial charge in [0.25, 0.3) is 0 Å². The number of rotatable bonds is 4. The number of hydrogen-bond acceptors (Lipinski definition) is 2. The Morgan fingerprint density at radius 1 is 1.19 bits per heavy atom. The maximum Gasteiger partial charge on any atom is 0.315 e. The van der Waals surface area contributed by atoms with Crippen LogP contribution in [0.25, 0.3) is 0 Å². The predicted octanol–water partition coefficient (Wildman–Crippen LogP) is 3.12. The highest BCUT2D eigenvalue weighted by atomic mass is 16.2. The number of nitrogens with zero attached hydrogens (tertiary/aromatic N) is 1. The molecule has 2 aromatic carbocycles. The lowest BCUT2D eigenvalue weighted by molar-refractivity contribution is 0.237. The van der Waals surface area contributed by atoms with Crippen LogP contribution < -0.4 is 10.6 Å². The quantitative estimate of drug-likeness (QED) is 0.903. The molecule has 0 bridgehead atoms. The smallest absolute Gasteiger partial charge is 0.315 e. The van der Waals surface area contributed by atoms with E-state index in [9.17, 15) is 4.79 Å². The summed E-state index contributed by atoms with van der Waals surface area (Å²) >= 11 is 0. The van der Waals surface area contributed by atoms with E-state index in [1.54, 1.807) is 18.2 Å². The van der Waals surface area contributed by atoms with Gasteiger partial charge in [0.1, 0.15) is 0 Å². The van der Waals surface area contributed by atoms with Crippen LogP contribution in [-0.2, 0) is 6.54 Å². The van der Waals surface area contributed by atoms with Gasteiger partial charge in [0, 0.05) is 6.54 Å². The van der Waals surface area contributed by atoms with Crippen molar-refractivity contribution in [2.24, 2.45) is 0 Å². The highest BCUT2D eigenvalue weighted by Crippen LogP contribution is 2.10. The van der Waals surface area contributed by atoms with Crippen LogP contribution in [0.3, 0.4) is 0 Å². The molecule has 2 amide bonds. The number of amides is 2. The van der Waals surface area contributed by atoms with Crippen molar-refractivity contribution in [3.63, 3.8) is 0 Å². The maximum absolute atomic E-state index is 11.9. The average molecular weight is 279 g/mol. The molecule has 1 atom stereocenters. The SMILES string of the molecule is CC(NC(=O)NCc1cccc(C#N)c1)c1ccccc1. The molecule has 2 rings (SSSR count). The van der Waals surface area contributed by atoms with E-state index in [2.05, 4.69) is 16.7 Å². The molecule has 0 spiro atoms. The summed E-state index contributed by atoms with van der Waals surface area (Å²) in [6.07, 6.45) is 0. The van der Waals surface area contributed by atoms with E-state index in [0.29, 0.717) is 12.1 Å². The second kappa shape index (κ2) is 7.11. The molecule has 21 heavy (non-hydrogen) atoms. The van der Waals surface area contributed by atoms with E-state index in [-0.39, 0.29) is 12.1 Å². The third-order valence-corrected chi connectivity index (χ3v) is 3.16. The maximum atomic E-state index is 11.9. The van der Waals surface area contributed by atoms with Gasteiger partial charge in [-0.3, -0.25) is 0 Å². The summed E-state index contributed by atoms with van der Waals surface area (Å²) in [6, 6.07) is 18.8. The van der Waals surface area contributed by atoms with Gasteiger partial charge in [-0.05, 0) is 30.2 Å². The van der Waals surface area contributed by atoms with Crippen molar-refractivity contribution in [3.8, 4) is 6.07 Å². The normalized spacial score (nSPS) is 11.2. The van der Waals surface area contributed by atoms with E-state index >= 15 is 0 Å². The summed E-state index contributed by atoms with van der Waals surface area (Å²) in [5.74, 6) is 0. The first-order valence-corrected chi connectivity index (χ1v) is 6.77. The number of urea groups is 1. The molecule has 0 aromatic heterocycles. The summed E-state index contributed by atoms with van der Waals surface area (Å²) in [7, 11) is 0. The van der Waals surface area contributed by atoms with Gasteiger partial charge in [0.2, 0.25) is 0 Å². The van der Waals surface area contributed by atoms with Gasteiger partial charge in [-0.1, -0.05) is 42.5 Å². The van der Waals surface area contributed by atoms with Crippen molar-refractivity contribution < 1.29 is 4.79 Å². The van der Waals surface area contributed by atoms with Crippen LogP contribution in [0.2, 0.25) is 0 Å². The van der Waals surface area contributed by atoms with E-state index < -0.39 is 0 Å². The van der Waals surface area contributed by atoms with E-state index in [0.717, 1.165) is 11.1 Å². The minimum atomic E-state index is -0.228. The van der Waals surface area contributed by atoms with E-state index in [4.69, 9.17) is 5.26 Å². The van der Waals surface area contributed by atoms with E-state index in [1.807, 2.05) is 43.3 Å². The van der Waals surface area contributed by atoms with Crippen LogP contribution >= 0.6 is 0 Å². The van der Waals surface area contributed by atoms with Crippen LogP contribution in [-0.4, -0.2) is 6.03 Å². The van der Waals surface area contributed by atoms with Gasteiger partial charge < -0.3 is 10.6 Å². The Balaban J connectivity index is 1.86. The molecule has 0 radical (unpaired) electrons. The highest BCUT2D eigenvalue weighted by Gasteiger charge is 2.08. The number of carbonyl (C=O) groups excluding carboxylic acids is 1. The number of benzene rings is 2. The molecule has 0 heterocycles. The van der Waals surface area contributed by atoms with Crippen LogP contribution in [0.1, 0.15) is 29.7 Å². The molecule has 0 fully saturated rings. The fraction of sp³-hybridized carbons (Fsp3) is 0.176. The summed E-state index contributed by atoms with van der Waals surface area (Å²) in [4.78, 5) is 11.9. The van der Waals surface area contributed by atoms with Crippen molar-refractivity contribution in [3.05, 3.63) is 71.3 Å². The van der Waals surface area contributed by atoms with Crippen molar-refractivity contribution in [2.45, 2.75) is 19.5 Å². The van der Waals surface area contributed by atoms with Gasteiger partial charge in [-0.15, -0.1) is 0 Å². The second-order valence-corrected chi connectivity index (χ2v) is 4.77. The monoisotopic (exact) mass is 279 g/mol. The van der Waals surface area contributed by atoms with Gasteiger partial charge in [0.15, 0.2) is 0 Å². The van der Waals surface area contributed by atoms with Gasteiger partial charge in [-0.25, -0.2) is 4.79 Å². The Morgan fingerprint density at radius 2 is 1.95 bits per heavy atom. The molecule has 4 heteroatoms. The van der Waals surface area contributed by atoms with Crippen LogP contribution in [0, 0.1) is 11.3 Å². The standard InChI is InChI=1S/C17H17N3O/c1-13(16-8-3-2-4-9-16)20-17(21)19-12-15-7-5-6-14(10-15)11-18/h2-10,13H,12H2,1H3,(H2,19,20,21). The second-order valence-electron chi connectivity index (χ2n) is 4.77. The third-order valence-electron chi connectivity index (χ3n) is 3.16. The van der Waals surface area contributed by atoms with Crippen molar-refractivity contribution in [2.75, 3.05) is 0 Å².